The third kappa shape index (κ3) is 2.90. The molecule has 9 heteroatoms. The first kappa shape index (κ1) is 16.2. The molecule has 0 radical (unpaired) electrons. The number of nitro groups is 1. The topological polar surface area (TPSA) is 75.5 Å². The largest absolute Gasteiger partial charge is 0.409 e. The van der Waals surface area contributed by atoms with Crippen LogP contribution in [0.2, 0.25) is 0 Å². The Morgan fingerprint density at radius 3 is 2.54 bits per heavy atom. The second kappa shape index (κ2) is 5.75. The molecule has 24 heavy (non-hydrogen) atoms. The molecule has 126 valence electrons. The van der Waals surface area contributed by atoms with Crippen molar-refractivity contribution in [2.75, 3.05) is 6.54 Å². The molecule has 0 spiro atoms. The van der Waals surface area contributed by atoms with E-state index in [2.05, 4.69) is 5.43 Å². The number of non-ortho nitro benzene ring substituents is 1. The Morgan fingerprint density at radius 1 is 1.25 bits per heavy atom. The monoisotopic (exact) mass is 339 g/mol. The van der Waals surface area contributed by atoms with Gasteiger partial charge in [0.15, 0.2) is 6.04 Å². The van der Waals surface area contributed by atoms with Crippen LogP contribution in [0.1, 0.15) is 18.0 Å². The van der Waals surface area contributed by atoms with Gasteiger partial charge < -0.3 is 0 Å². The van der Waals surface area contributed by atoms with Crippen LogP contribution >= 0.6 is 0 Å². The highest BCUT2D eigenvalue weighted by Gasteiger charge is 2.48. The molecule has 1 heterocycles. The number of nitrogens with one attached hydrogen (secondary N) is 1. The minimum atomic E-state index is -4.71. The Bertz CT molecular complexity index is 822. The van der Waals surface area contributed by atoms with Gasteiger partial charge in [-0.15, -0.1) is 0 Å². The van der Waals surface area contributed by atoms with Gasteiger partial charge in [-0.1, -0.05) is 24.3 Å². The standard InChI is InChI=1S/C15H12F3N3O3/c16-15(17,18)14(20-6-5-13(22)19-20)12-8-10(21(23)24)7-9-3-1-2-4-11(9)12/h1-4,7-8,14H,5-6H2,(H,19,22)/t14-/m0/s1. The maximum atomic E-state index is 13.7. The third-order valence-corrected chi connectivity index (χ3v) is 3.85. The molecule has 1 N–H and O–H groups in total. The van der Waals surface area contributed by atoms with E-state index in [1.807, 2.05) is 0 Å². The number of amides is 1. The second-order valence-electron chi connectivity index (χ2n) is 5.44. The Balaban J connectivity index is 2.23. The van der Waals surface area contributed by atoms with Crippen molar-refractivity contribution in [3.8, 4) is 0 Å². The molecule has 2 aromatic rings. The molecule has 1 atom stereocenters. The number of carbonyl (C=O) groups excluding carboxylic acids is 1. The van der Waals surface area contributed by atoms with Gasteiger partial charge in [0.2, 0.25) is 5.91 Å². The van der Waals surface area contributed by atoms with E-state index in [-0.39, 0.29) is 23.9 Å². The molecule has 6 nitrogen and oxygen atoms in total. The summed E-state index contributed by atoms with van der Waals surface area (Å²) in [5.74, 6) is -0.515. The van der Waals surface area contributed by atoms with Crippen LogP contribution in [0.15, 0.2) is 36.4 Å². The predicted octanol–water partition coefficient (Wildman–Crippen LogP) is 3.09. The fourth-order valence-corrected chi connectivity index (χ4v) is 2.86. The Labute approximate surface area is 134 Å². The van der Waals surface area contributed by atoms with Crippen LogP contribution in [0.4, 0.5) is 18.9 Å². The predicted molar refractivity (Wildman–Crippen MR) is 78.9 cm³/mol. The molecule has 0 aliphatic carbocycles. The van der Waals surface area contributed by atoms with Crippen molar-refractivity contribution in [2.45, 2.75) is 18.6 Å². The Hall–Kier alpha value is -2.68. The van der Waals surface area contributed by atoms with Crippen molar-refractivity contribution in [1.29, 1.82) is 0 Å². The highest BCUT2D eigenvalue weighted by Crippen LogP contribution is 2.42. The van der Waals surface area contributed by atoms with Crippen LogP contribution < -0.4 is 5.43 Å². The van der Waals surface area contributed by atoms with Gasteiger partial charge in [0.25, 0.3) is 5.69 Å². The Kier molecular flexibility index (Phi) is 3.88. The summed E-state index contributed by atoms with van der Waals surface area (Å²) in [7, 11) is 0. The number of halogens is 3. The van der Waals surface area contributed by atoms with Gasteiger partial charge in [-0.3, -0.25) is 20.3 Å². The number of hydrogen-bond acceptors (Lipinski definition) is 4. The van der Waals surface area contributed by atoms with E-state index >= 15 is 0 Å². The summed E-state index contributed by atoms with van der Waals surface area (Å²) in [6.45, 7) is -0.125. The molecular weight excluding hydrogens is 327 g/mol. The zero-order chi connectivity index (χ0) is 17.5. The molecule has 1 aliphatic heterocycles. The van der Waals surface area contributed by atoms with Crippen LogP contribution in [0.25, 0.3) is 10.8 Å². The lowest BCUT2D eigenvalue weighted by molar-refractivity contribution is -0.384. The lowest BCUT2D eigenvalue weighted by Gasteiger charge is -2.30. The van der Waals surface area contributed by atoms with Gasteiger partial charge in [0, 0.05) is 25.1 Å². The molecule has 3 rings (SSSR count). The lowest BCUT2D eigenvalue weighted by atomic mass is 9.97. The van der Waals surface area contributed by atoms with Crippen LogP contribution in [0.3, 0.4) is 0 Å². The minimum Gasteiger partial charge on any atom is -0.288 e. The van der Waals surface area contributed by atoms with Gasteiger partial charge in [-0.25, -0.2) is 5.01 Å². The molecule has 1 saturated heterocycles. The normalized spacial score (nSPS) is 17.0. The summed E-state index contributed by atoms with van der Waals surface area (Å²) in [6, 6.07) is 6.14. The highest BCUT2D eigenvalue weighted by molar-refractivity contribution is 5.88. The molecule has 0 saturated carbocycles. The van der Waals surface area contributed by atoms with Crippen molar-refractivity contribution in [3.05, 3.63) is 52.1 Å². The number of fused-ring (bicyclic) bond motifs is 1. The van der Waals surface area contributed by atoms with E-state index in [1.54, 1.807) is 12.1 Å². The van der Waals surface area contributed by atoms with Gasteiger partial charge in [0.1, 0.15) is 0 Å². The summed E-state index contributed by atoms with van der Waals surface area (Å²) < 4.78 is 41.0. The zero-order valence-electron chi connectivity index (χ0n) is 12.2. The number of nitro benzene ring substituents is 1. The number of benzene rings is 2. The van der Waals surface area contributed by atoms with Crippen LogP contribution in [-0.2, 0) is 4.79 Å². The van der Waals surface area contributed by atoms with E-state index in [4.69, 9.17) is 0 Å². The van der Waals surface area contributed by atoms with Gasteiger partial charge >= 0.3 is 6.18 Å². The average molecular weight is 339 g/mol. The Morgan fingerprint density at radius 2 is 1.96 bits per heavy atom. The summed E-state index contributed by atoms with van der Waals surface area (Å²) in [5.41, 5.74) is 1.49. The molecule has 1 amide bonds. The number of carbonyl (C=O) groups is 1. The van der Waals surface area contributed by atoms with Crippen molar-refractivity contribution in [1.82, 2.24) is 10.4 Å². The summed E-state index contributed by atoms with van der Waals surface area (Å²) >= 11 is 0. The first-order chi connectivity index (χ1) is 11.3. The van der Waals surface area contributed by atoms with E-state index in [9.17, 15) is 28.1 Å². The smallest absolute Gasteiger partial charge is 0.288 e. The SMILES string of the molecule is O=C1CCN([C@@H](c2cc([N+](=O)[O-])cc3ccccc23)C(F)(F)F)N1. The van der Waals surface area contributed by atoms with Crippen molar-refractivity contribution < 1.29 is 22.9 Å². The zero-order valence-corrected chi connectivity index (χ0v) is 12.2. The van der Waals surface area contributed by atoms with Gasteiger partial charge in [-0.05, 0) is 16.3 Å². The van der Waals surface area contributed by atoms with E-state index in [1.165, 1.54) is 18.2 Å². The number of nitrogens with zero attached hydrogens (tertiary/aromatic N) is 2. The van der Waals surface area contributed by atoms with Crippen molar-refractivity contribution in [3.63, 3.8) is 0 Å². The molecule has 0 bridgehead atoms. The van der Waals surface area contributed by atoms with Gasteiger partial charge in [-0.2, -0.15) is 13.2 Å². The molecule has 0 unspecified atom stereocenters. The first-order valence-electron chi connectivity index (χ1n) is 7.07. The van der Waals surface area contributed by atoms with E-state index in [0.29, 0.717) is 5.39 Å². The maximum absolute atomic E-state index is 13.7. The van der Waals surface area contributed by atoms with E-state index < -0.39 is 28.7 Å². The number of hydrazine groups is 1. The number of rotatable bonds is 3. The van der Waals surface area contributed by atoms with Crippen molar-refractivity contribution in [2.24, 2.45) is 0 Å². The summed E-state index contributed by atoms with van der Waals surface area (Å²) in [5, 5.41) is 12.5. The van der Waals surface area contributed by atoms with Crippen LogP contribution in [-0.4, -0.2) is 28.6 Å². The quantitative estimate of drug-likeness (QED) is 0.689. The number of hydrogen-bond donors (Lipinski definition) is 1. The van der Waals surface area contributed by atoms with Gasteiger partial charge in [0.05, 0.1) is 4.92 Å². The maximum Gasteiger partial charge on any atom is 0.409 e. The molecule has 1 fully saturated rings. The lowest BCUT2D eigenvalue weighted by Crippen LogP contribution is -2.43. The van der Waals surface area contributed by atoms with Crippen molar-refractivity contribution >= 4 is 22.4 Å². The molecule has 0 aromatic heterocycles. The summed E-state index contributed by atoms with van der Waals surface area (Å²) in [6.07, 6.45) is -4.77. The van der Waals surface area contributed by atoms with Crippen LogP contribution in [0.5, 0.6) is 0 Å². The molecular formula is C15H12F3N3O3. The van der Waals surface area contributed by atoms with E-state index in [0.717, 1.165) is 11.1 Å². The fraction of sp³-hybridized carbons (Fsp3) is 0.267. The molecule has 1 aliphatic rings. The third-order valence-electron chi connectivity index (χ3n) is 3.85. The summed E-state index contributed by atoms with van der Waals surface area (Å²) in [4.78, 5) is 21.7. The number of alkyl halides is 3. The minimum absolute atomic E-state index is 0.0561. The highest BCUT2D eigenvalue weighted by atomic mass is 19.4. The fourth-order valence-electron chi connectivity index (χ4n) is 2.86. The molecule has 2 aromatic carbocycles. The first-order valence-corrected chi connectivity index (χ1v) is 7.07. The average Bonchev–Trinajstić information content (AvgIpc) is 2.91. The second-order valence-corrected chi connectivity index (χ2v) is 5.44. The van der Waals surface area contributed by atoms with Crippen LogP contribution in [0, 0.1) is 10.1 Å².